The average Bonchev–Trinajstić information content (AvgIpc) is 2.63. The van der Waals surface area contributed by atoms with Gasteiger partial charge >= 0.3 is 0 Å². The maximum absolute atomic E-state index is 12.8. The zero-order valence-electron chi connectivity index (χ0n) is 19.5. The predicted molar refractivity (Wildman–Crippen MR) is 117 cm³/mol. The predicted octanol–water partition coefficient (Wildman–Crippen LogP) is 5.27. The molecule has 1 aromatic rings. The van der Waals surface area contributed by atoms with E-state index in [1.165, 1.54) is 0 Å². The molecule has 4 aliphatic rings. The largest absolute Gasteiger partial charge is 0.458 e. The number of aliphatic hydroxyl groups is 1. The zero-order chi connectivity index (χ0) is 21.7. The van der Waals surface area contributed by atoms with Gasteiger partial charge in [-0.2, -0.15) is 0 Å². The van der Waals surface area contributed by atoms with Gasteiger partial charge in [0.05, 0.1) is 11.7 Å². The smallest absolute Gasteiger partial charge is 0.292 e. The minimum Gasteiger partial charge on any atom is -0.458 e. The summed E-state index contributed by atoms with van der Waals surface area (Å²) in [5.41, 5.74) is 0.832. The minimum absolute atomic E-state index is 0.0384. The molecular formula is C26H38O4. The van der Waals surface area contributed by atoms with Crippen molar-refractivity contribution in [2.75, 3.05) is 0 Å². The molecule has 4 nitrogen and oxygen atoms in total. The van der Waals surface area contributed by atoms with Crippen LogP contribution in [0.2, 0.25) is 0 Å². The summed E-state index contributed by atoms with van der Waals surface area (Å²) < 4.78 is 12.4. The van der Waals surface area contributed by atoms with Crippen molar-refractivity contribution in [1.82, 2.24) is 0 Å². The van der Waals surface area contributed by atoms with Crippen molar-refractivity contribution in [2.24, 2.45) is 34.0 Å². The van der Waals surface area contributed by atoms with E-state index >= 15 is 0 Å². The number of aryl methyl sites for hydroxylation is 1. The molecule has 5 rings (SSSR count). The maximum Gasteiger partial charge on any atom is 0.292 e. The minimum atomic E-state index is -0.283. The Morgan fingerprint density at radius 2 is 1.57 bits per heavy atom. The van der Waals surface area contributed by atoms with Crippen molar-refractivity contribution in [3.63, 3.8) is 0 Å². The first-order valence-electron chi connectivity index (χ1n) is 11.9. The van der Waals surface area contributed by atoms with Crippen molar-refractivity contribution in [2.45, 2.75) is 98.2 Å². The first-order valence-corrected chi connectivity index (χ1v) is 11.9. The summed E-state index contributed by atoms with van der Waals surface area (Å²) in [4.78, 5) is 12.8. The number of hydrogen-bond donors (Lipinski definition) is 1. The van der Waals surface area contributed by atoms with Gasteiger partial charge in [-0.05, 0) is 86.9 Å². The lowest BCUT2D eigenvalue weighted by molar-refractivity contribution is -0.226. The van der Waals surface area contributed by atoms with E-state index in [2.05, 4.69) is 34.6 Å². The van der Waals surface area contributed by atoms with Crippen LogP contribution in [0.25, 0.3) is 0 Å². The highest BCUT2D eigenvalue weighted by Gasteiger charge is 2.66. The Labute approximate surface area is 180 Å². The van der Waals surface area contributed by atoms with Crippen LogP contribution in [0.15, 0.2) is 15.3 Å². The SMILES string of the molecule is Cc1cc(=O)c2c(o1)O[C@]1(C)CC[C@H]3[C@@]4(C)CC[C@@H](O)C(C)(C)[C@@H]4CC[C@@]3(C)[C@@H]1C2. The Hall–Kier alpha value is -1.29. The molecule has 3 aliphatic carbocycles. The molecule has 30 heavy (non-hydrogen) atoms. The molecule has 0 radical (unpaired) electrons. The molecule has 0 spiro atoms. The van der Waals surface area contributed by atoms with E-state index in [0.717, 1.165) is 50.5 Å². The van der Waals surface area contributed by atoms with Crippen molar-refractivity contribution in [3.05, 3.63) is 27.6 Å². The maximum atomic E-state index is 12.8. The van der Waals surface area contributed by atoms with Gasteiger partial charge < -0.3 is 14.3 Å². The van der Waals surface area contributed by atoms with Crippen molar-refractivity contribution < 1.29 is 14.3 Å². The Kier molecular flexibility index (Phi) is 4.22. The van der Waals surface area contributed by atoms with Crippen molar-refractivity contribution in [3.8, 4) is 5.95 Å². The van der Waals surface area contributed by atoms with Gasteiger partial charge in [-0.3, -0.25) is 4.79 Å². The first kappa shape index (κ1) is 20.6. The van der Waals surface area contributed by atoms with E-state index in [1.807, 2.05) is 6.92 Å². The van der Waals surface area contributed by atoms with Crippen LogP contribution in [0.1, 0.15) is 84.5 Å². The molecule has 3 fully saturated rings. The van der Waals surface area contributed by atoms with E-state index in [4.69, 9.17) is 9.15 Å². The summed E-state index contributed by atoms with van der Waals surface area (Å²) >= 11 is 0. The van der Waals surface area contributed by atoms with Crippen LogP contribution >= 0.6 is 0 Å². The van der Waals surface area contributed by atoms with Gasteiger partial charge in [0, 0.05) is 12.0 Å². The van der Waals surface area contributed by atoms with Gasteiger partial charge in [0.15, 0.2) is 5.43 Å². The van der Waals surface area contributed by atoms with Gasteiger partial charge in [0.1, 0.15) is 11.4 Å². The van der Waals surface area contributed by atoms with Crippen LogP contribution in [0.3, 0.4) is 0 Å². The summed E-state index contributed by atoms with van der Waals surface area (Å²) in [6.45, 7) is 13.6. The fraction of sp³-hybridized carbons (Fsp3) is 0.808. The Morgan fingerprint density at radius 3 is 2.30 bits per heavy atom. The normalized spacial score (nSPS) is 46.6. The Balaban J connectivity index is 1.57. The molecule has 0 amide bonds. The summed E-state index contributed by atoms with van der Waals surface area (Å²) in [5.74, 6) is 2.53. The lowest BCUT2D eigenvalue weighted by Crippen LogP contribution is -2.66. The fourth-order valence-corrected chi connectivity index (χ4v) is 8.82. The van der Waals surface area contributed by atoms with Crippen LogP contribution < -0.4 is 10.2 Å². The van der Waals surface area contributed by atoms with Gasteiger partial charge in [0.2, 0.25) is 0 Å². The molecule has 0 bridgehead atoms. The molecule has 0 aromatic carbocycles. The monoisotopic (exact) mass is 414 g/mol. The number of rotatable bonds is 0. The highest BCUT2D eigenvalue weighted by Crippen LogP contribution is 2.70. The molecular weight excluding hydrogens is 376 g/mol. The second kappa shape index (κ2) is 6.15. The van der Waals surface area contributed by atoms with E-state index in [9.17, 15) is 9.90 Å². The summed E-state index contributed by atoms with van der Waals surface area (Å²) in [6, 6.07) is 1.61. The third-order valence-corrected chi connectivity index (χ3v) is 10.4. The quantitative estimate of drug-likeness (QED) is 0.628. The number of fused-ring (bicyclic) bond motifs is 6. The molecule has 1 aromatic heterocycles. The van der Waals surface area contributed by atoms with Crippen LogP contribution in [0.5, 0.6) is 5.95 Å². The van der Waals surface area contributed by atoms with Gasteiger partial charge in [0.25, 0.3) is 5.95 Å². The number of hydrogen-bond acceptors (Lipinski definition) is 4. The summed E-state index contributed by atoms with van der Waals surface area (Å²) in [5, 5.41) is 10.8. The second-order valence-corrected chi connectivity index (χ2v) is 12.2. The molecule has 4 heteroatoms. The first-order chi connectivity index (χ1) is 13.9. The molecule has 7 atom stereocenters. The Bertz CT molecular complexity index is 931. The lowest BCUT2D eigenvalue weighted by Gasteiger charge is -2.68. The van der Waals surface area contributed by atoms with Gasteiger partial charge in [-0.25, -0.2) is 0 Å². The third kappa shape index (κ3) is 2.52. The molecule has 1 aliphatic heterocycles. The van der Waals surface area contributed by atoms with E-state index in [0.29, 0.717) is 29.5 Å². The summed E-state index contributed by atoms with van der Waals surface area (Å²) in [6.07, 6.45) is 7.00. The van der Waals surface area contributed by atoms with Gasteiger partial charge in [-0.15, -0.1) is 0 Å². The van der Waals surface area contributed by atoms with E-state index in [1.54, 1.807) is 6.07 Å². The standard InChI is InChI=1S/C26H38O4/c1-15-13-17(27)16-14-20-25(5)10-7-18-23(2,3)21(28)9-11-24(18,4)19(25)8-12-26(20,6)30-22(16)29-15/h13,18-21,28H,7-12,14H2,1-6H3/t18-,19-,20-,21+,24-,25+,26+/m0/s1. The lowest BCUT2D eigenvalue weighted by atomic mass is 9.37. The van der Waals surface area contributed by atoms with E-state index < -0.39 is 0 Å². The third-order valence-electron chi connectivity index (χ3n) is 10.4. The topological polar surface area (TPSA) is 59.7 Å². The van der Waals surface area contributed by atoms with Crippen LogP contribution in [0, 0.1) is 40.9 Å². The molecule has 1 N–H and O–H groups in total. The van der Waals surface area contributed by atoms with Crippen molar-refractivity contribution in [1.29, 1.82) is 0 Å². The molecule has 166 valence electrons. The van der Waals surface area contributed by atoms with Crippen LogP contribution in [0.4, 0.5) is 0 Å². The molecule has 0 saturated heterocycles. The number of aliphatic hydroxyl groups excluding tert-OH is 1. The second-order valence-electron chi connectivity index (χ2n) is 12.2. The fourth-order valence-electron chi connectivity index (χ4n) is 8.82. The Morgan fingerprint density at radius 1 is 0.933 bits per heavy atom. The molecule has 0 unspecified atom stereocenters. The number of ether oxygens (including phenoxy) is 1. The summed E-state index contributed by atoms with van der Waals surface area (Å²) in [7, 11) is 0. The van der Waals surface area contributed by atoms with Crippen molar-refractivity contribution >= 4 is 0 Å². The van der Waals surface area contributed by atoms with Gasteiger partial charge in [-0.1, -0.05) is 27.7 Å². The zero-order valence-corrected chi connectivity index (χ0v) is 19.5. The van der Waals surface area contributed by atoms with Crippen LogP contribution in [-0.2, 0) is 6.42 Å². The van der Waals surface area contributed by atoms with Crippen LogP contribution in [-0.4, -0.2) is 16.8 Å². The van der Waals surface area contributed by atoms with E-state index in [-0.39, 0.29) is 33.4 Å². The highest BCUT2D eigenvalue weighted by molar-refractivity contribution is 5.31. The highest BCUT2D eigenvalue weighted by atomic mass is 16.6. The average molecular weight is 415 g/mol. The molecule has 2 heterocycles. The molecule has 3 saturated carbocycles.